The molecule has 46 heavy (non-hydrogen) atoms. The van der Waals surface area contributed by atoms with Crippen LogP contribution in [0.1, 0.15) is 22.9 Å². The molecular formula is C35H29FN8O2. The number of aromatic nitrogens is 2. The first-order chi connectivity index (χ1) is 22.5. The number of hydrogen-bond donors (Lipinski definition) is 0. The first-order valence-electron chi connectivity index (χ1n) is 15.2. The summed E-state index contributed by atoms with van der Waals surface area (Å²) in [6.07, 6.45) is 0. The summed E-state index contributed by atoms with van der Waals surface area (Å²) in [6.45, 7) is 4.83. The number of rotatable bonds is 4. The van der Waals surface area contributed by atoms with E-state index in [9.17, 15) is 14.5 Å². The molecule has 0 unspecified atom stereocenters. The van der Waals surface area contributed by atoms with E-state index >= 15 is 0 Å². The van der Waals surface area contributed by atoms with Crippen LogP contribution in [0.3, 0.4) is 0 Å². The van der Waals surface area contributed by atoms with Crippen LogP contribution in [-0.4, -0.2) is 57.5 Å². The Morgan fingerprint density at radius 2 is 1.43 bits per heavy atom. The summed E-state index contributed by atoms with van der Waals surface area (Å²) >= 11 is 0. The molecule has 0 saturated carbocycles. The number of nitrogens with zero attached hydrogens (tertiary/aromatic N) is 8. The van der Waals surface area contributed by atoms with E-state index < -0.39 is 0 Å². The van der Waals surface area contributed by atoms with E-state index in [0.29, 0.717) is 24.7 Å². The van der Waals surface area contributed by atoms with Gasteiger partial charge in [-0.1, -0.05) is 30.3 Å². The number of anilines is 2. The second-order valence-electron chi connectivity index (χ2n) is 11.5. The van der Waals surface area contributed by atoms with Crippen LogP contribution in [0.25, 0.3) is 5.69 Å². The van der Waals surface area contributed by atoms with Gasteiger partial charge in [0.1, 0.15) is 5.82 Å². The van der Waals surface area contributed by atoms with Crippen molar-refractivity contribution >= 4 is 40.2 Å². The largest absolute Gasteiger partial charge is 0.368 e. The van der Waals surface area contributed by atoms with Crippen molar-refractivity contribution in [3.8, 4) is 5.69 Å². The molecule has 228 valence electrons. The Bertz CT molecular complexity index is 2010. The summed E-state index contributed by atoms with van der Waals surface area (Å²) in [5.74, 6) is 1.91. The summed E-state index contributed by atoms with van der Waals surface area (Å²) < 4.78 is 15.5. The number of para-hydroxylation sites is 3. The maximum absolute atomic E-state index is 13.6. The Balaban J connectivity index is 1.27. The number of nitro groups is 1. The topological polar surface area (TPSA) is 95.4 Å². The molecular weight excluding hydrogens is 583 g/mol. The fraction of sp³-hybridized carbons (Fsp3) is 0.171. The predicted molar refractivity (Wildman–Crippen MR) is 177 cm³/mol. The van der Waals surface area contributed by atoms with Gasteiger partial charge in [0.05, 0.1) is 33.7 Å². The molecule has 0 spiro atoms. The Labute approximate surface area is 264 Å². The van der Waals surface area contributed by atoms with Crippen LogP contribution in [0.4, 0.5) is 33.0 Å². The van der Waals surface area contributed by atoms with Crippen LogP contribution in [0, 0.1) is 22.9 Å². The molecule has 1 fully saturated rings. The Hall–Kier alpha value is -5.84. The average Bonchev–Trinajstić information content (AvgIpc) is 3.43. The molecule has 3 aliphatic heterocycles. The minimum absolute atomic E-state index is 0.0331. The van der Waals surface area contributed by atoms with Gasteiger partial charge in [-0.15, -0.1) is 0 Å². The van der Waals surface area contributed by atoms with Gasteiger partial charge >= 0.3 is 0 Å². The molecule has 4 heterocycles. The zero-order valence-corrected chi connectivity index (χ0v) is 25.0. The molecule has 10 nitrogen and oxygen atoms in total. The molecule has 11 heteroatoms. The molecule has 1 saturated heterocycles. The monoisotopic (exact) mass is 612 g/mol. The van der Waals surface area contributed by atoms with E-state index in [0.717, 1.165) is 58.5 Å². The third-order valence-corrected chi connectivity index (χ3v) is 8.81. The van der Waals surface area contributed by atoms with Gasteiger partial charge in [0.25, 0.3) is 5.69 Å². The molecule has 1 atom stereocenters. The molecule has 0 bridgehead atoms. The lowest BCUT2D eigenvalue weighted by Crippen LogP contribution is -2.55. The summed E-state index contributed by atoms with van der Waals surface area (Å²) in [6, 6.07) is 30.9. The van der Waals surface area contributed by atoms with Gasteiger partial charge in [-0.3, -0.25) is 10.1 Å². The lowest BCUT2D eigenvalue weighted by atomic mass is 9.93. The van der Waals surface area contributed by atoms with Crippen molar-refractivity contribution in [2.24, 2.45) is 9.98 Å². The van der Waals surface area contributed by atoms with E-state index in [1.807, 2.05) is 90.5 Å². The maximum atomic E-state index is 13.6. The van der Waals surface area contributed by atoms with Gasteiger partial charge in [0.15, 0.2) is 17.5 Å². The SMILES string of the molecule is Cc1nn(-c2ccccc2)c2c1[C@@H](c1ccc([N+](=O)[O-])cc1)N1C(=N2)C(N2CCN(c3ccc(F)cc3)CC2)=Nc2ccccc21. The molecule has 0 N–H and O–H groups in total. The second-order valence-corrected chi connectivity index (χ2v) is 11.5. The van der Waals surface area contributed by atoms with Crippen molar-refractivity contribution in [2.45, 2.75) is 13.0 Å². The summed E-state index contributed by atoms with van der Waals surface area (Å²) in [5, 5.41) is 16.5. The Kier molecular flexibility index (Phi) is 6.59. The minimum Gasteiger partial charge on any atom is -0.368 e. The van der Waals surface area contributed by atoms with Crippen LogP contribution in [0.15, 0.2) is 113 Å². The summed E-state index contributed by atoms with van der Waals surface area (Å²) in [4.78, 5) is 28.4. The van der Waals surface area contributed by atoms with Crippen molar-refractivity contribution in [3.63, 3.8) is 0 Å². The van der Waals surface area contributed by atoms with Crippen molar-refractivity contribution in [1.29, 1.82) is 0 Å². The number of non-ortho nitro benzene ring substituents is 1. The van der Waals surface area contributed by atoms with Crippen LogP contribution >= 0.6 is 0 Å². The predicted octanol–water partition coefficient (Wildman–Crippen LogP) is 6.73. The van der Waals surface area contributed by atoms with E-state index in [2.05, 4.69) is 14.7 Å². The van der Waals surface area contributed by atoms with Crippen molar-refractivity contribution in [3.05, 3.63) is 136 Å². The zero-order valence-electron chi connectivity index (χ0n) is 25.0. The Morgan fingerprint density at radius 3 is 2.15 bits per heavy atom. The number of fused-ring (bicyclic) bond motifs is 4. The molecule has 0 amide bonds. The number of aryl methyl sites for hydroxylation is 1. The minimum atomic E-state index is -0.381. The zero-order chi connectivity index (χ0) is 31.4. The highest BCUT2D eigenvalue weighted by Gasteiger charge is 2.43. The van der Waals surface area contributed by atoms with Crippen molar-refractivity contribution in [2.75, 3.05) is 36.0 Å². The smallest absolute Gasteiger partial charge is 0.269 e. The fourth-order valence-electron chi connectivity index (χ4n) is 6.58. The molecule has 8 rings (SSSR count). The number of hydrogen-bond acceptors (Lipinski definition) is 8. The number of benzene rings is 4. The number of amidine groups is 2. The highest BCUT2D eigenvalue weighted by Crippen LogP contribution is 2.48. The normalized spacial score (nSPS) is 17.1. The highest BCUT2D eigenvalue weighted by atomic mass is 19.1. The van der Waals surface area contributed by atoms with Crippen molar-refractivity contribution < 1.29 is 9.31 Å². The number of piperazine rings is 1. The molecule has 5 aromatic rings. The van der Waals surface area contributed by atoms with E-state index in [4.69, 9.17) is 15.1 Å². The van der Waals surface area contributed by atoms with E-state index in [-0.39, 0.29) is 22.5 Å². The average molecular weight is 613 g/mol. The maximum Gasteiger partial charge on any atom is 0.269 e. The first kappa shape index (κ1) is 27.7. The summed E-state index contributed by atoms with van der Waals surface area (Å²) in [5.41, 5.74) is 6.25. The van der Waals surface area contributed by atoms with E-state index in [1.54, 1.807) is 12.1 Å². The van der Waals surface area contributed by atoms with Gasteiger partial charge in [0.2, 0.25) is 0 Å². The van der Waals surface area contributed by atoms with Gasteiger partial charge in [0, 0.05) is 49.6 Å². The standard InChI is InChI=1S/C35H29FN8O2/c1-23-31-32(24-11-15-28(16-12-24)44(45)46)42-30-10-6-5-9-29(30)37-34(35(42)38-33(31)43(39-23)27-7-3-2-4-8-27)41-21-19-40(20-22-41)26-17-13-25(36)14-18-26/h2-18,32H,19-22H2,1H3/t32-/m1/s1. The van der Waals surface area contributed by atoms with Gasteiger partial charge < -0.3 is 14.7 Å². The van der Waals surface area contributed by atoms with Crippen LogP contribution in [-0.2, 0) is 0 Å². The number of aliphatic imine (C=N–C) groups is 2. The fourth-order valence-corrected chi connectivity index (χ4v) is 6.58. The summed E-state index contributed by atoms with van der Waals surface area (Å²) in [7, 11) is 0. The molecule has 4 aromatic carbocycles. The number of halogens is 1. The quantitative estimate of drug-likeness (QED) is 0.165. The highest BCUT2D eigenvalue weighted by molar-refractivity contribution is 6.48. The van der Waals surface area contributed by atoms with Crippen LogP contribution < -0.4 is 9.80 Å². The van der Waals surface area contributed by atoms with Gasteiger partial charge in [-0.05, 0) is 73.2 Å². The lowest BCUT2D eigenvalue weighted by Gasteiger charge is -2.44. The first-order valence-corrected chi connectivity index (χ1v) is 15.2. The lowest BCUT2D eigenvalue weighted by molar-refractivity contribution is -0.384. The van der Waals surface area contributed by atoms with Gasteiger partial charge in [-0.2, -0.15) is 5.10 Å². The molecule has 1 aromatic heterocycles. The molecule has 3 aliphatic rings. The van der Waals surface area contributed by atoms with Crippen molar-refractivity contribution in [1.82, 2.24) is 14.7 Å². The van der Waals surface area contributed by atoms with Gasteiger partial charge in [-0.25, -0.2) is 19.1 Å². The van der Waals surface area contributed by atoms with Crippen LogP contribution in [0.2, 0.25) is 0 Å². The Morgan fingerprint density at radius 1 is 0.761 bits per heavy atom. The molecule has 0 radical (unpaired) electrons. The molecule has 0 aliphatic carbocycles. The van der Waals surface area contributed by atoms with Crippen LogP contribution in [0.5, 0.6) is 0 Å². The van der Waals surface area contributed by atoms with E-state index in [1.165, 1.54) is 12.1 Å². The second kappa shape index (κ2) is 11.0. The number of nitro benzene ring substituents is 1. The third-order valence-electron chi connectivity index (χ3n) is 8.81. The third kappa shape index (κ3) is 4.59.